The van der Waals surface area contributed by atoms with Crippen LogP contribution in [0.3, 0.4) is 0 Å². The summed E-state index contributed by atoms with van der Waals surface area (Å²) in [6, 6.07) is 6.72. The van der Waals surface area contributed by atoms with Gasteiger partial charge in [0.2, 0.25) is 0 Å². The quantitative estimate of drug-likeness (QED) is 0.811. The van der Waals surface area contributed by atoms with E-state index in [1.165, 1.54) is 25.8 Å². The zero-order valence-corrected chi connectivity index (χ0v) is 8.95. The number of nitrogens with one attached hydrogen (secondary N) is 1. The average Bonchev–Trinajstić information content (AvgIpc) is 2.88. The van der Waals surface area contributed by atoms with Crippen LogP contribution in [0.25, 0.3) is 0 Å². The molecule has 1 aromatic heterocycles. The first kappa shape index (κ1) is 10.3. The molecule has 0 radical (unpaired) electrons. The first-order valence-corrected chi connectivity index (χ1v) is 5.69. The maximum Gasteiger partial charge on any atom is 0.120 e. The van der Waals surface area contributed by atoms with E-state index in [9.17, 15) is 0 Å². The van der Waals surface area contributed by atoms with Crippen LogP contribution in [0.5, 0.6) is 0 Å². The number of rotatable bonds is 4. The van der Waals surface area contributed by atoms with Gasteiger partial charge in [0.1, 0.15) is 11.8 Å². The van der Waals surface area contributed by atoms with Crippen molar-refractivity contribution >= 4 is 0 Å². The topological polar surface area (TPSA) is 40.8 Å². The van der Waals surface area contributed by atoms with E-state index in [4.69, 9.17) is 5.26 Å². The molecular formula is C12H17N3. The van der Waals surface area contributed by atoms with Crippen molar-refractivity contribution < 1.29 is 0 Å². The molecule has 1 aliphatic heterocycles. The molecule has 1 aromatic rings. The second-order valence-electron chi connectivity index (χ2n) is 4.13. The number of aryl methyl sites for hydroxylation is 1. The summed E-state index contributed by atoms with van der Waals surface area (Å²) >= 11 is 0. The van der Waals surface area contributed by atoms with Crippen molar-refractivity contribution in [3.63, 3.8) is 0 Å². The van der Waals surface area contributed by atoms with E-state index >= 15 is 0 Å². The summed E-state index contributed by atoms with van der Waals surface area (Å²) in [5.74, 6) is 0. The fourth-order valence-electron chi connectivity index (χ4n) is 2.22. The Labute approximate surface area is 90.7 Å². The summed E-state index contributed by atoms with van der Waals surface area (Å²) in [6.45, 7) is 2.14. The Morgan fingerprint density at radius 3 is 3.27 bits per heavy atom. The molecule has 3 heteroatoms. The van der Waals surface area contributed by atoms with Gasteiger partial charge in [0.15, 0.2) is 0 Å². The molecule has 3 nitrogen and oxygen atoms in total. The molecule has 0 aliphatic carbocycles. The van der Waals surface area contributed by atoms with Crippen LogP contribution in [0.4, 0.5) is 0 Å². The van der Waals surface area contributed by atoms with Gasteiger partial charge in [-0.2, -0.15) is 5.26 Å². The molecule has 2 heterocycles. The van der Waals surface area contributed by atoms with Gasteiger partial charge in [-0.05, 0) is 44.4 Å². The van der Waals surface area contributed by atoms with Crippen molar-refractivity contribution in [2.24, 2.45) is 0 Å². The Bertz CT molecular complexity index is 342. The van der Waals surface area contributed by atoms with Gasteiger partial charge in [-0.15, -0.1) is 0 Å². The smallest absolute Gasteiger partial charge is 0.120 e. The predicted octanol–water partition coefficient (Wildman–Crippen LogP) is 1.89. The maximum atomic E-state index is 8.84. The number of hydrogen-bond donors (Lipinski definition) is 1. The molecule has 1 atom stereocenters. The van der Waals surface area contributed by atoms with E-state index in [2.05, 4.69) is 11.4 Å². The Morgan fingerprint density at radius 2 is 2.53 bits per heavy atom. The van der Waals surface area contributed by atoms with Crippen molar-refractivity contribution in [1.29, 1.82) is 5.26 Å². The molecule has 0 aromatic carbocycles. The molecular weight excluding hydrogens is 186 g/mol. The van der Waals surface area contributed by atoms with Gasteiger partial charge >= 0.3 is 0 Å². The molecule has 1 unspecified atom stereocenters. The van der Waals surface area contributed by atoms with Crippen molar-refractivity contribution in [3.8, 4) is 6.07 Å². The molecule has 2 rings (SSSR count). The Hall–Kier alpha value is -1.27. The van der Waals surface area contributed by atoms with Gasteiger partial charge in [0.25, 0.3) is 0 Å². The van der Waals surface area contributed by atoms with Gasteiger partial charge < -0.3 is 9.88 Å². The van der Waals surface area contributed by atoms with Crippen molar-refractivity contribution in [2.45, 2.75) is 38.3 Å². The zero-order valence-electron chi connectivity index (χ0n) is 8.95. The highest BCUT2D eigenvalue weighted by Crippen LogP contribution is 2.12. The first-order valence-electron chi connectivity index (χ1n) is 5.69. The van der Waals surface area contributed by atoms with Gasteiger partial charge in [-0.25, -0.2) is 0 Å². The number of nitrogens with zero attached hydrogens (tertiary/aromatic N) is 2. The SMILES string of the molecule is N#Cc1cccn1CCCC1CCCN1. The first-order chi connectivity index (χ1) is 7.40. The third-order valence-corrected chi connectivity index (χ3v) is 3.06. The molecule has 15 heavy (non-hydrogen) atoms. The van der Waals surface area contributed by atoms with Gasteiger partial charge in [-0.3, -0.25) is 0 Å². The second kappa shape index (κ2) is 4.99. The molecule has 0 amide bonds. The van der Waals surface area contributed by atoms with Crippen LogP contribution in [-0.4, -0.2) is 17.2 Å². The van der Waals surface area contributed by atoms with Gasteiger partial charge in [0.05, 0.1) is 0 Å². The van der Waals surface area contributed by atoms with Crippen LogP contribution >= 0.6 is 0 Å². The highest BCUT2D eigenvalue weighted by atomic mass is 15.0. The highest BCUT2D eigenvalue weighted by Gasteiger charge is 2.13. The normalized spacial score (nSPS) is 20.3. The summed E-state index contributed by atoms with van der Waals surface area (Å²) < 4.78 is 2.04. The number of hydrogen-bond acceptors (Lipinski definition) is 2. The Balaban J connectivity index is 1.76. The standard InChI is InChI=1S/C12H17N3/c13-10-12-6-3-9-15(12)8-2-5-11-4-1-7-14-11/h3,6,9,11,14H,1-2,4-5,7-8H2. The van der Waals surface area contributed by atoms with Crippen LogP contribution in [0.1, 0.15) is 31.4 Å². The lowest BCUT2D eigenvalue weighted by Crippen LogP contribution is -2.21. The van der Waals surface area contributed by atoms with E-state index in [-0.39, 0.29) is 0 Å². The van der Waals surface area contributed by atoms with Crippen LogP contribution in [0.2, 0.25) is 0 Å². The minimum atomic E-state index is 0.714. The van der Waals surface area contributed by atoms with Crippen LogP contribution in [0.15, 0.2) is 18.3 Å². The lowest BCUT2D eigenvalue weighted by Gasteiger charge is -2.10. The fourth-order valence-corrected chi connectivity index (χ4v) is 2.22. The van der Waals surface area contributed by atoms with E-state index in [1.54, 1.807) is 0 Å². The molecule has 1 saturated heterocycles. The van der Waals surface area contributed by atoms with E-state index in [0.29, 0.717) is 6.04 Å². The summed E-state index contributed by atoms with van der Waals surface area (Å²) in [5.41, 5.74) is 0.773. The Kier molecular flexibility index (Phi) is 3.41. The maximum absolute atomic E-state index is 8.84. The van der Waals surface area contributed by atoms with Crippen molar-refractivity contribution in [2.75, 3.05) is 6.54 Å². The van der Waals surface area contributed by atoms with Crippen LogP contribution in [0, 0.1) is 11.3 Å². The molecule has 1 fully saturated rings. The molecule has 0 saturated carbocycles. The summed E-state index contributed by atoms with van der Waals surface area (Å²) in [7, 11) is 0. The minimum absolute atomic E-state index is 0.714. The fraction of sp³-hybridized carbons (Fsp3) is 0.583. The number of nitriles is 1. The van der Waals surface area contributed by atoms with E-state index in [0.717, 1.165) is 18.7 Å². The van der Waals surface area contributed by atoms with E-state index < -0.39 is 0 Å². The molecule has 0 bridgehead atoms. The lowest BCUT2D eigenvalue weighted by molar-refractivity contribution is 0.502. The molecule has 0 spiro atoms. The van der Waals surface area contributed by atoms with Gasteiger partial charge in [-0.1, -0.05) is 0 Å². The molecule has 80 valence electrons. The highest BCUT2D eigenvalue weighted by molar-refractivity contribution is 5.21. The predicted molar refractivity (Wildman–Crippen MR) is 59.4 cm³/mol. The van der Waals surface area contributed by atoms with E-state index in [1.807, 2.05) is 22.9 Å². The van der Waals surface area contributed by atoms with Crippen LogP contribution < -0.4 is 5.32 Å². The molecule has 1 aliphatic rings. The van der Waals surface area contributed by atoms with Crippen molar-refractivity contribution in [1.82, 2.24) is 9.88 Å². The van der Waals surface area contributed by atoms with Crippen LogP contribution in [-0.2, 0) is 6.54 Å². The summed E-state index contributed by atoms with van der Waals surface area (Å²) in [6.07, 6.45) is 7.00. The summed E-state index contributed by atoms with van der Waals surface area (Å²) in [5, 5.41) is 12.3. The lowest BCUT2D eigenvalue weighted by atomic mass is 10.1. The average molecular weight is 203 g/mol. The third-order valence-electron chi connectivity index (χ3n) is 3.06. The van der Waals surface area contributed by atoms with Crippen molar-refractivity contribution in [3.05, 3.63) is 24.0 Å². The minimum Gasteiger partial charge on any atom is -0.339 e. The number of aromatic nitrogens is 1. The molecule has 1 N–H and O–H groups in total. The summed E-state index contributed by atoms with van der Waals surface area (Å²) in [4.78, 5) is 0. The monoisotopic (exact) mass is 203 g/mol. The van der Waals surface area contributed by atoms with Gasteiger partial charge in [0, 0.05) is 18.8 Å². The largest absolute Gasteiger partial charge is 0.339 e. The zero-order chi connectivity index (χ0) is 10.5. The Morgan fingerprint density at radius 1 is 1.60 bits per heavy atom. The third kappa shape index (κ3) is 2.60. The second-order valence-corrected chi connectivity index (χ2v) is 4.13.